The molecule has 220 valence electrons. The largest absolute Gasteiger partial charge is 0.465 e. The van der Waals surface area contributed by atoms with Gasteiger partial charge in [-0.2, -0.15) is 0 Å². The molecule has 1 N–H and O–H groups in total. The van der Waals surface area contributed by atoms with Gasteiger partial charge in [0.25, 0.3) is 0 Å². The second-order valence-corrected chi connectivity index (χ2v) is 11.7. The van der Waals surface area contributed by atoms with Gasteiger partial charge in [-0.1, -0.05) is 60.1 Å². The van der Waals surface area contributed by atoms with E-state index in [0.29, 0.717) is 17.4 Å². The lowest BCUT2D eigenvalue weighted by Gasteiger charge is -2.26. The molecule has 1 heterocycles. The highest BCUT2D eigenvalue weighted by molar-refractivity contribution is 5.90. The summed E-state index contributed by atoms with van der Waals surface area (Å²) < 4.78 is 7.24. The summed E-state index contributed by atoms with van der Waals surface area (Å²) in [6, 6.07) is 14.1. The number of unbranched alkanes of at least 4 members (excludes halogenated alkanes) is 1. The molecule has 0 aliphatic carbocycles. The SMILES string of the molecule is CCCCN(CC)CCCn1c(Nc2cccc(C(=O)OC)c2)nc2ccc(CN(CC(C)C)CC(C)C)cc21. The van der Waals surface area contributed by atoms with Gasteiger partial charge in [0.15, 0.2) is 0 Å². The fraction of sp³-hybridized carbons (Fsp3) is 0.576. The van der Waals surface area contributed by atoms with Gasteiger partial charge in [-0.3, -0.25) is 4.90 Å². The van der Waals surface area contributed by atoms with E-state index in [9.17, 15) is 4.79 Å². The Labute approximate surface area is 241 Å². The number of fused-ring (bicyclic) bond motifs is 1. The fourth-order valence-electron chi connectivity index (χ4n) is 5.32. The van der Waals surface area contributed by atoms with Crippen LogP contribution < -0.4 is 5.32 Å². The van der Waals surface area contributed by atoms with Crippen LogP contribution in [0.2, 0.25) is 0 Å². The Balaban J connectivity index is 1.92. The van der Waals surface area contributed by atoms with Crippen LogP contribution in [-0.4, -0.2) is 65.2 Å². The molecule has 2 aromatic carbocycles. The van der Waals surface area contributed by atoms with Crippen LogP contribution in [0, 0.1) is 11.8 Å². The monoisotopic (exact) mass is 549 g/mol. The van der Waals surface area contributed by atoms with E-state index in [1.807, 2.05) is 18.2 Å². The first-order valence-corrected chi connectivity index (χ1v) is 15.1. The van der Waals surface area contributed by atoms with E-state index in [2.05, 4.69) is 79.4 Å². The lowest BCUT2D eigenvalue weighted by Crippen LogP contribution is -2.30. The van der Waals surface area contributed by atoms with Gasteiger partial charge in [-0.15, -0.1) is 0 Å². The lowest BCUT2D eigenvalue weighted by atomic mass is 10.1. The minimum atomic E-state index is -0.346. The number of rotatable bonds is 17. The lowest BCUT2D eigenvalue weighted by molar-refractivity contribution is 0.0600. The number of hydrogen-bond acceptors (Lipinski definition) is 6. The number of carbonyl (C=O) groups is 1. The third-order valence-electron chi connectivity index (χ3n) is 7.14. The second kappa shape index (κ2) is 15.8. The zero-order chi connectivity index (χ0) is 29.1. The van der Waals surface area contributed by atoms with E-state index in [-0.39, 0.29) is 5.97 Å². The molecular weight excluding hydrogens is 498 g/mol. The van der Waals surface area contributed by atoms with Gasteiger partial charge in [-0.25, -0.2) is 9.78 Å². The number of methoxy groups -OCH3 is 1. The number of ether oxygens (including phenoxy) is 1. The van der Waals surface area contributed by atoms with Crippen molar-refractivity contribution in [2.75, 3.05) is 45.2 Å². The van der Waals surface area contributed by atoms with E-state index in [0.717, 1.165) is 74.9 Å². The standard InChI is InChI=1S/C33H51N5O2/c1-8-10-17-36(9-2)18-12-19-38-31-20-27(24-37(22-25(3)4)23-26(5)6)15-16-30(31)35-33(38)34-29-14-11-13-28(21-29)32(39)40-7/h11,13-16,20-21,25-26H,8-10,12,17-19,22-24H2,1-7H3,(H,34,35). The van der Waals surface area contributed by atoms with Gasteiger partial charge >= 0.3 is 5.97 Å². The van der Waals surface area contributed by atoms with Crippen LogP contribution in [-0.2, 0) is 17.8 Å². The molecule has 0 unspecified atom stereocenters. The Bertz CT molecular complexity index is 1190. The number of nitrogens with zero attached hydrogens (tertiary/aromatic N) is 4. The molecule has 1 aromatic heterocycles. The van der Waals surface area contributed by atoms with Crippen molar-refractivity contribution < 1.29 is 9.53 Å². The smallest absolute Gasteiger partial charge is 0.337 e. The summed E-state index contributed by atoms with van der Waals surface area (Å²) in [6.07, 6.45) is 3.49. The highest BCUT2D eigenvalue weighted by atomic mass is 16.5. The van der Waals surface area contributed by atoms with Crippen LogP contribution in [0.15, 0.2) is 42.5 Å². The number of aryl methyl sites for hydroxylation is 1. The molecule has 7 nitrogen and oxygen atoms in total. The number of esters is 1. The van der Waals surface area contributed by atoms with Crippen molar-refractivity contribution in [3.63, 3.8) is 0 Å². The molecule has 0 radical (unpaired) electrons. The number of nitrogens with one attached hydrogen (secondary N) is 1. The molecule has 0 fully saturated rings. The molecule has 0 amide bonds. The molecular formula is C33H51N5O2. The van der Waals surface area contributed by atoms with Gasteiger partial charge < -0.3 is 19.5 Å². The zero-order valence-corrected chi connectivity index (χ0v) is 25.9. The van der Waals surface area contributed by atoms with E-state index in [4.69, 9.17) is 9.72 Å². The number of imidazole rings is 1. The van der Waals surface area contributed by atoms with E-state index in [1.165, 1.54) is 25.5 Å². The second-order valence-electron chi connectivity index (χ2n) is 11.7. The zero-order valence-electron chi connectivity index (χ0n) is 25.9. The maximum absolute atomic E-state index is 12.1. The quantitative estimate of drug-likeness (QED) is 0.180. The summed E-state index contributed by atoms with van der Waals surface area (Å²) in [6.45, 7) is 20.9. The summed E-state index contributed by atoms with van der Waals surface area (Å²) in [4.78, 5) is 22.2. The Morgan fingerprint density at radius 1 is 0.975 bits per heavy atom. The van der Waals surface area contributed by atoms with Crippen LogP contribution in [0.3, 0.4) is 0 Å². The van der Waals surface area contributed by atoms with Crippen molar-refractivity contribution in [1.29, 1.82) is 0 Å². The van der Waals surface area contributed by atoms with Crippen molar-refractivity contribution in [2.45, 2.75) is 73.9 Å². The average molecular weight is 550 g/mol. The molecule has 0 spiro atoms. The number of anilines is 2. The maximum atomic E-state index is 12.1. The van der Waals surface area contributed by atoms with E-state index >= 15 is 0 Å². The van der Waals surface area contributed by atoms with Crippen molar-refractivity contribution in [3.05, 3.63) is 53.6 Å². The Morgan fingerprint density at radius 3 is 2.35 bits per heavy atom. The molecule has 7 heteroatoms. The first-order valence-electron chi connectivity index (χ1n) is 15.1. The number of hydrogen-bond donors (Lipinski definition) is 1. The molecule has 0 atom stereocenters. The summed E-state index contributed by atoms with van der Waals surface area (Å²) in [7, 11) is 1.41. The predicted molar refractivity (Wildman–Crippen MR) is 167 cm³/mol. The molecule has 0 bridgehead atoms. The highest BCUT2D eigenvalue weighted by Gasteiger charge is 2.16. The Morgan fingerprint density at radius 2 is 1.70 bits per heavy atom. The number of aromatic nitrogens is 2. The molecule has 3 aromatic rings. The Hall–Kier alpha value is -2.90. The van der Waals surface area contributed by atoms with Gasteiger partial charge in [0.2, 0.25) is 5.95 Å². The minimum Gasteiger partial charge on any atom is -0.465 e. The van der Waals surface area contributed by atoms with Crippen LogP contribution in [0.25, 0.3) is 11.0 Å². The number of carbonyl (C=O) groups excluding carboxylic acids is 1. The molecule has 3 rings (SSSR count). The van der Waals surface area contributed by atoms with E-state index in [1.54, 1.807) is 6.07 Å². The van der Waals surface area contributed by atoms with Crippen LogP contribution in [0.1, 0.15) is 76.7 Å². The molecule has 0 aliphatic rings. The summed E-state index contributed by atoms with van der Waals surface area (Å²) >= 11 is 0. The van der Waals surface area contributed by atoms with Gasteiger partial charge in [0.1, 0.15) is 0 Å². The molecule has 0 saturated carbocycles. The first-order chi connectivity index (χ1) is 19.2. The number of benzene rings is 2. The predicted octanol–water partition coefficient (Wildman–Crippen LogP) is 7.19. The van der Waals surface area contributed by atoms with E-state index < -0.39 is 0 Å². The molecule has 0 saturated heterocycles. The minimum absolute atomic E-state index is 0.346. The van der Waals surface area contributed by atoms with Gasteiger partial charge in [0, 0.05) is 31.9 Å². The Kier molecular flexibility index (Phi) is 12.5. The third-order valence-corrected chi connectivity index (χ3v) is 7.14. The van der Waals surface area contributed by atoms with Crippen LogP contribution >= 0.6 is 0 Å². The molecule has 0 aliphatic heterocycles. The van der Waals surface area contributed by atoms with Gasteiger partial charge in [-0.05, 0) is 80.2 Å². The van der Waals surface area contributed by atoms with Gasteiger partial charge in [0.05, 0.1) is 23.7 Å². The summed E-state index contributed by atoms with van der Waals surface area (Å²) in [5.41, 5.74) is 4.77. The fourth-order valence-corrected chi connectivity index (χ4v) is 5.32. The van der Waals surface area contributed by atoms with Crippen molar-refractivity contribution in [1.82, 2.24) is 19.4 Å². The van der Waals surface area contributed by atoms with Crippen molar-refractivity contribution in [3.8, 4) is 0 Å². The highest BCUT2D eigenvalue weighted by Crippen LogP contribution is 2.26. The van der Waals surface area contributed by atoms with Crippen LogP contribution in [0.4, 0.5) is 11.6 Å². The summed E-state index contributed by atoms with van der Waals surface area (Å²) in [5.74, 6) is 1.70. The van der Waals surface area contributed by atoms with Crippen molar-refractivity contribution >= 4 is 28.6 Å². The van der Waals surface area contributed by atoms with Crippen LogP contribution in [0.5, 0.6) is 0 Å². The average Bonchev–Trinajstić information content (AvgIpc) is 3.25. The molecule has 40 heavy (non-hydrogen) atoms. The first kappa shape index (κ1) is 31.6. The van der Waals surface area contributed by atoms with Crippen molar-refractivity contribution in [2.24, 2.45) is 11.8 Å². The summed E-state index contributed by atoms with van der Waals surface area (Å²) in [5, 5.41) is 3.50. The maximum Gasteiger partial charge on any atom is 0.337 e. The third kappa shape index (κ3) is 9.34. The normalized spacial score (nSPS) is 11.9. The topological polar surface area (TPSA) is 62.6 Å².